The van der Waals surface area contributed by atoms with E-state index in [0.29, 0.717) is 18.8 Å². The zero-order valence-electron chi connectivity index (χ0n) is 8.74. The second kappa shape index (κ2) is 4.45. The first-order valence-corrected chi connectivity index (χ1v) is 5.15. The summed E-state index contributed by atoms with van der Waals surface area (Å²) in [5, 5.41) is 8.94. The van der Waals surface area contributed by atoms with Crippen molar-refractivity contribution in [1.82, 2.24) is 4.98 Å². The van der Waals surface area contributed by atoms with Gasteiger partial charge in [-0.1, -0.05) is 0 Å². The maximum absolute atomic E-state index is 13.3. The maximum atomic E-state index is 13.3. The van der Waals surface area contributed by atoms with E-state index in [-0.39, 0.29) is 17.3 Å². The lowest BCUT2D eigenvalue weighted by atomic mass is 9.89. The summed E-state index contributed by atoms with van der Waals surface area (Å²) in [5.74, 6) is -0.480. The van der Waals surface area contributed by atoms with Gasteiger partial charge in [0.05, 0.1) is 11.9 Å². The Hall–Kier alpha value is -1.67. The molecule has 0 amide bonds. The molecule has 5 heteroatoms. The summed E-state index contributed by atoms with van der Waals surface area (Å²) in [7, 11) is 0. The molecule has 0 saturated carbocycles. The molecule has 0 aromatic carbocycles. The fourth-order valence-corrected chi connectivity index (χ4v) is 2.01. The van der Waals surface area contributed by atoms with E-state index >= 15 is 0 Å². The Bertz CT molecular complexity index is 436. The fraction of sp³-hybridized carbons (Fsp3) is 0.455. The first kappa shape index (κ1) is 10.8. The highest BCUT2D eigenvalue weighted by Crippen LogP contribution is 2.33. The van der Waals surface area contributed by atoms with Gasteiger partial charge in [0.2, 0.25) is 0 Å². The number of hydrogen-bond donors (Lipinski definition) is 1. The number of ether oxygens (including phenoxy) is 1. The molecular formula is C11H12FN3O. The Morgan fingerprint density at radius 2 is 2.19 bits per heavy atom. The van der Waals surface area contributed by atoms with E-state index < -0.39 is 5.82 Å². The number of nitrogens with two attached hydrogens (primary N) is 1. The molecule has 0 atom stereocenters. The van der Waals surface area contributed by atoms with Crippen molar-refractivity contribution in [3.05, 3.63) is 23.3 Å². The molecule has 1 aliphatic rings. The molecule has 0 unspecified atom stereocenters. The topological polar surface area (TPSA) is 71.9 Å². The van der Waals surface area contributed by atoms with E-state index in [1.54, 1.807) is 0 Å². The van der Waals surface area contributed by atoms with Gasteiger partial charge < -0.3 is 10.5 Å². The molecule has 1 aromatic heterocycles. The molecule has 1 saturated heterocycles. The van der Waals surface area contributed by atoms with Crippen molar-refractivity contribution >= 4 is 5.69 Å². The van der Waals surface area contributed by atoms with Crippen molar-refractivity contribution in [2.45, 2.75) is 18.8 Å². The lowest BCUT2D eigenvalue weighted by molar-refractivity contribution is 0.0853. The number of hydrogen-bond acceptors (Lipinski definition) is 4. The number of aromatic nitrogens is 1. The van der Waals surface area contributed by atoms with Gasteiger partial charge in [-0.25, -0.2) is 9.37 Å². The number of nitrogens with zero attached hydrogens (tertiary/aromatic N) is 2. The van der Waals surface area contributed by atoms with Crippen LogP contribution < -0.4 is 5.73 Å². The monoisotopic (exact) mass is 221 g/mol. The molecular weight excluding hydrogens is 209 g/mol. The molecule has 4 nitrogen and oxygen atoms in total. The maximum Gasteiger partial charge on any atom is 0.164 e. The van der Waals surface area contributed by atoms with E-state index in [9.17, 15) is 4.39 Å². The molecule has 1 fully saturated rings. The number of anilines is 1. The second-order valence-electron chi connectivity index (χ2n) is 3.78. The quantitative estimate of drug-likeness (QED) is 0.781. The molecule has 1 aromatic rings. The molecule has 2 N–H and O–H groups in total. The molecule has 0 spiro atoms. The summed E-state index contributed by atoms with van der Waals surface area (Å²) in [6.07, 6.45) is 2.50. The van der Waals surface area contributed by atoms with Crippen molar-refractivity contribution in [2.75, 3.05) is 18.9 Å². The van der Waals surface area contributed by atoms with E-state index in [1.165, 1.54) is 0 Å². The predicted molar refractivity (Wildman–Crippen MR) is 56.1 cm³/mol. The number of rotatable bonds is 1. The summed E-state index contributed by atoms with van der Waals surface area (Å²) < 4.78 is 18.5. The number of nitriles is 1. The van der Waals surface area contributed by atoms with Crippen LogP contribution in [0.25, 0.3) is 0 Å². The average Bonchev–Trinajstić information content (AvgIpc) is 2.33. The van der Waals surface area contributed by atoms with Gasteiger partial charge >= 0.3 is 0 Å². The molecule has 84 valence electrons. The van der Waals surface area contributed by atoms with Crippen molar-refractivity contribution in [3.63, 3.8) is 0 Å². The fourth-order valence-electron chi connectivity index (χ4n) is 2.01. The first-order valence-electron chi connectivity index (χ1n) is 5.15. The van der Waals surface area contributed by atoms with Gasteiger partial charge in [0.15, 0.2) is 5.82 Å². The third kappa shape index (κ3) is 1.84. The molecule has 2 rings (SSSR count). The van der Waals surface area contributed by atoms with Crippen LogP contribution in [0.15, 0.2) is 6.20 Å². The third-order valence-corrected chi connectivity index (χ3v) is 2.85. The van der Waals surface area contributed by atoms with Crippen LogP contribution >= 0.6 is 0 Å². The van der Waals surface area contributed by atoms with Gasteiger partial charge in [-0.05, 0) is 18.8 Å². The Morgan fingerprint density at radius 3 is 2.81 bits per heavy atom. The van der Waals surface area contributed by atoms with Gasteiger partial charge in [0.25, 0.3) is 0 Å². The van der Waals surface area contributed by atoms with E-state index in [0.717, 1.165) is 19.0 Å². The van der Waals surface area contributed by atoms with Crippen molar-refractivity contribution in [3.8, 4) is 6.07 Å². The van der Waals surface area contributed by atoms with Crippen LogP contribution in [0.4, 0.5) is 10.1 Å². The van der Waals surface area contributed by atoms with Gasteiger partial charge in [-0.3, -0.25) is 0 Å². The van der Waals surface area contributed by atoms with Gasteiger partial charge in [0, 0.05) is 18.8 Å². The van der Waals surface area contributed by atoms with E-state index in [2.05, 4.69) is 4.98 Å². The van der Waals surface area contributed by atoms with Gasteiger partial charge in [-0.2, -0.15) is 5.26 Å². The zero-order chi connectivity index (χ0) is 11.5. The Balaban J connectivity index is 2.44. The summed E-state index contributed by atoms with van der Waals surface area (Å²) in [4.78, 5) is 3.78. The lowest BCUT2D eigenvalue weighted by Gasteiger charge is -2.24. The molecule has 0 radical (unpaired) electrons. The van der Waals surface area contributed by atoms with Crippen LogP contribution in [0.5, 0.6) is 0 Å². The highest BCUT2D eigenvalue weighted by atomic mass is 19.1. The zero-order valence-corrected chi connectivity index (χ0v) is 8.74. The van der Waals surface area contributed by atoms with Crippen molar-refractivity contribution in [2.24, 2.45) is 0 Å². The molecule has 2 heterocycles. The minimum absolute atomic E-state index is 0.0541. The SMILES string of the molecule is N#Cc1ncc(F)c(N)c1C1CCOCC1. The number of pyridine rings is 1. The summed E-state index contributed by atoms with van der Waals surface area (Å²) in [5.41, 5.74) is 6.51. The Kier molecular flexibility index (Phi) is 3.02. The molecule has 0 aliphatic carbocycles. The van der Waals surface area contributed by atoms with Crippen LogP contribution in [0.3, 0.4) is 0 Å². The Labute approximate surface area is 92.8 Å². The van der Waals surface area contributed by atoms with Crippen LogP contribution in [0, 0.1) is 17.1 Å². The standard InChI is InChI=1S/C11H12FN3O/c12-8-6-15-9(5-13)10(11(8)14)7-1-3-16-4-2-7/h6-7H,1-4H2,(H2,14,15). The first-order chi connectivity index (χ1) is 7.74. The Morgan fingerprint density at radius 1 is 1.50 bits per heavy atom. The summed E-state index contributed by atoms with van der Waals surface area (Å²) >= 11 is 0. The summed E-state index contributed by atoms with van der Waals surface area (Å²) in [6, 6.07) is 1.96. The van der Waals surface area contributed by atoms with E-state index in [1.807, 2.05) is 6.07 Å². The van der Waals surface area contributed by atoms with Gasteiger partial charge in [0.1, 0.15) is 11.8 Å². The summed E-state index contributed by atoms with van der Waals surface area (Å²) in [6.45, 7) is 1.23. The van der Waals surface area contributed by atoms with Crippen LogP contribution in [-0.4, -0.2) is 18.2 Å². The largest absolute Gasteiger partial charge is 0.396 e. The van der Waals surface area contributed by atoms with Crippen LogP contribution in [0.1, 0.15) is 30.0 Å². The lowest BCUT2D eigenvalue weighted by Crippen LogP contribution is -2.17. The van der Waals surface area contributed by atoms with Crippen molar-refractivity contribution < 1.29 is 9.13 Å². The highest BCUT2D eigenvalue weighted by molar-refractivity contribution is 5.54. The second-order valence-corrected chi connectivity index (χ2v) is 3.78. The minimum atomic E-state index is -0.555. The van der Waals surface area contributed by atoms with E-state index in [4.69, 9.17) is 15.7 Å². The normalized spacial score (nSPS) is 17.0. The highest BCUT2D eigenvalue weighted by Gasteiger charge is 2.23. The van der Waals surface area contributed by atoms with Crippen LogP contribution in [-0.2, 0) is 4.74 Å². The smallest absolute Gasteiger partial charge is 0.164 e. The third-order valence-electron chi connectivity index (χ3n) is 2.85. The number of halogens is 1. The minimum Gasteiger partial charge on any atom is -0.396 e. The predicted octanol–water partition coefficient (Wildman–Crippen LogP) is 1.57. The number of nitrogen functional groups attached to an aromatic ring is 1. The molecule has 0 bridgehead atoms. The molecule has 1 aliphatic heterocycles. The van der Waals surface area contributed by atoms with Gasteiger partial charge in [-0.15, -0.1) is 0 Å². The van der Waals surface area contributed by atoms with Crippen LogP contribution in [0.2, 0.25) is 0 Å². The van der Waals surface area contributed by atoms with Crippen molar-refractivity contribution in [1.29, 1.82) is 5.26 Å². The molecule has 16 heavy (non-hydrogen) atoms. The average molecular weight is 221 g/mol.